The fourth-order valence-electron chi connectivity index (χ4n) is 2.49. The molecule has 0 aliphatic carbocycles. The van der Waals surface area contributed by atoms with Crippen LogP contribution in [0.4, 0.5) is 16.5 Å². The number of aromatic nitrogens is 2. The third-order valence-electron chi connectivity index (χ3n) is 3.77. The summed E-state index contributed by atoms with van der Waals surface area (Å²) in [4.78, 5) is 15.8. The zero-order valence-corrected chi connectivity index (χ0v) is 14.7. The van der Waals surface area contributed by atoms with Crippen LogP contribution in [0.15, 0.2) is 28.7 Å². The molecule has 2 heterocycles. The van der Waals surface area contributed by atoms with Crippen molar-refractivity contribution in [3.63, 3.8) is 0 Å². The molecule has 1 aromatic heterocycles. The van der Waals surface area contributed by atoms with Crippen LogP contribution in [0.2, 0.25) is 0 Å². The van der Waals surface area contributed by atoms with E-state index in [2.05, 4.69) is 10.2 Å². The van der Waals surface area contributed by atoms with Gasteiger partial charge in [-0.15, -0.1) is 5.10 Å². The minimum atomic E-state index is -0.491. The van der Waals surface area contributed by atoms with Crippen LogP contribution in [-0.4, -0.2) is 53.0 Å². The number of benzene rings is 1. The molecule has 1 aromatic carbocycles. The van der Waals surface area contributed by atoms with Crippen LogP contribution < -0.4 is 10.6 Å². The molecule has 3 rings (SSSR count). The summed E-state index contributed by atoms with van der Waals surface area (Å²) in [5.41, 5.74) is 6.70. The predicted molar refractivity (Wildman–Crippen MR) is 94.2 cm³/mol. The highest BCUT2D eigenvalue weighted by atomic mass is 16.6. The first-order chi connectivity index (χ1) is 11.8. The predicted octanol–water partition coefficient (Wildman–Crippen LogP) is 2.38. The first-order valence-electron chi connectivity index (χ1n) is 8.24. The molecule has 2 aromatic rings. The number of rotatable bonds is 2. The Morgan fingerprint density at radius 1 is 1.12 bits per heavy atom. The Hall–Kier alpha value is -2.77. The van der Waals surface area contributed by atoms with E-state index in [1.807, 2.05) is 37.8 Å². The lowest BCUT2D eigenvalue weighted by Gasteiger charge is -2.34. The van der Waals surface area contributed by atoms with Crippen LogP contribution in [-0.2, 0) is 4.74 Å². The number of hydrogen-bond acceptors (Lipinski definition) is 7. The minimum Gasteiger partial charge on any atom is -0.444 e. The molecule has 134 valence electrons. The Bertz CT molecular complexity index is 727. The summed E-state index contributed by atoms with van der Waals surface area (Å²) < 4.78 is 11.2. The standard InChI is InChI=1S/C17H23N5O3/c1-17(2,3)25-16(23)22-10-8-21(9-11-22)15-20-19-14(24-15)12-4-6-13(18)7-5-12/h4-7H,8-11,18H2,1-3H3. The molecule has 2 N–H and O–H groups in total. The van der Waals surface area contributed by atoms with Gasteiger partial charge in [-0.05, 0) is 45.0 Å². The van der Waals surface area contributed by atoms with Gasteiger partial charge in [-0.2, -0.15) is 0 Å². The van der Waals surface area contributed by atoms with Crippen LogP contribution in [0.5, 0.6) is 0 Å². The molecule has 0 bridgehead atoms. The van der Waals surface area contributed by atoms with Gasteiger partial charge in [-0.3, -0.25) is 0 Å². The monoisotopic (exact) mass is 345 g/mol. The maximum atomic E-state index is 12.1. The fraction of sp³-hybridized carbons (Fsp3) is 0.471. The summed E-state index contributed by atoms with van der Waals surface area (Å²) in [6, 6.07) is 7.72. The Labute approximate surface area is 146 Å². The molecule has 0 unspecified atom stereocenters. The van der Waals surface area contributed by atoms with E-state index >= 15 is 0 Å². The van der Waals surface area contributed by atoms with Gasteiger partial charge in [0, 0.05) is 37.4 Å². The van der Waals surface area contributed by atoms with Crippen molar-refractivity contribution < 1.29 is 13.9 Å². The van der Waals surface area contributed by atoms with Crippen molar-refractivity contribution >= 4 is 17.8 Å². The van der Waals surface area contributed by atoms with Crippen molar-refractivity contribution in [2.24, 2.45) is 0 Å². The zero-order chi connectivity index (χ0) is 18.0. The van der Waals surface area contributed by atoms with Gasteiger partial charge in [-0.1, -0.05) is 5.10 Å². The number of carbonyl (C=O) groups excluding carboxylic acids is 1. The van der Waals surface area contributed by atoms with Crippen LogP contribution in [0, 0.1) is 0 Å². The molecule has 0 spiro atoms. The van der Waals surface area contributed by atoms with E-state index in [-0.39, 0.29) is 6.09 Å². The minimum absolute atomic E-state index is 0.291. The van der Waals surface area contributed by atoms with Gasteiger partial charge < -0.3 is 24.7 Å². The number of amides is 1. The third kappa shape index (κ3) is 4.20. The summed E-state index contributed by atoms with van der Waals surface area (Å²) in [5, 5.41) is 8.20. The maximum Gasteiger partial charge on any atom is 0.410 e. The van der Waals surface area contributed by atoms with Crippen LogP contribution in [0.25, 0.3) is 11.5 Å². The van der Waals surface area contributed by atoms with E-state index in [1.54, 1.807) is 17.0 Å². The topological polar surface area (TPSA) is 97.7 Å². The molecule has 1 aliphatic rings. The van der Waals surface area contributed by atoms with E-state index in [0.717, 1.165) is 5.56 Å². The number of nitrogen functional groups attached to an aromatic ring is 1. The second-order valence-corrected chi connectivity index (χ2v) is 6.97. The average Bonchev–Trinajstić information content (AvgIpc) is 3.04. The molecule has 1 fully saturated rings. The molecule has 25 heavy (non-hydrogen) atoms. The van der Waals surface area contributed by atoms with Crippen LogP contribution >= 0.6 is 0 Å². The quantitative estimate of drug-likeness (QED) is 0.834. The summed E-state index contributed by atoms with van der Waals surface area (Å²) in [6.07, 6.45) is -0.291. The Balaban J connectivity index is 1.60. The smallest absolute Gasteiger partial charge is 0.410 e. The van der Waals surface area contributed by atoms with Crippen molar-refractivity contribution in [2.45, 2.75) is 26.4 Å². The third-order valence-corrected chi connectivity index (χ3v) is 3.77. The maximum absolute atomic E-state index is 12.1. The van der Waals surface area contributed by atoms with Crippen molar-refractivity contribution in [1.82, 2.24) is 15.1 Å². The van der Waals surface area contributed by atoms with E-state index in [0.29, 0.717) is 43.8 Å². The number of ether oxygens (including phenoxy) is 1. The van der Waals surface area contributed by atoms with Gasteiger partial charge in [0.25, 0.3) is 0 Å². The highest BCUT2D eigenvalue weighted by Gasteiger charge is 2.27. The van der Waals surface area contributed by atoms with Crippen molar-refractivity contribution in [3.05, 3.63) is 24.3 Å². The molecule has 0 atom stereocenters. The lowest BCUT2D eigenvalue weighted by molar-refractivity contribution is 0.0239. The molecule has 1 aliphatic heterocycles. The molecule has 8 heteroatoms. The fourth-order valence-corrected chi connectivity index (χ4v) is 2.49. The van der Waals surface area contributed by atoms with Gasteiger partial charge in [-0.25, -0.2) is 4.79 Å². The summed E-state index contributed by atoms with van der Waals surface area (Å²) in [7, 11) is 0. The Kier molecular flexibility index (Phi) is 4.52. The average molecular weight is 345 g/mol. The first-order valence-corrected chi connectivity index (χ1v) is 8.24. The van der Waals surface area contributed by atoms with Gasteiger partial charge in [0.2, 0.25) is 5.89 Å². The van der Waals surface area contributed by atoms with Crippen LogP contribution in [0.1, 0.15) is 20.8 Å². The molecule has 1 amide bonds. The highest BCUT2D eigenvalue weighted by molar-refractivity contribution is 5.68. The largest absolute Gasteiger partial charge is 0.444 e. The molecular formula is C17H23N5O3. The van der Waals surface area contributed by atoms with E-state index in [1.165, 1.54) is 0 Å². The molecule has 8 nitrogen and oxygen atoms in total. The molecule has 0 radical (unpaired) electrons. The number of nitrogens with two attached hydrogens (primary N) is 1. The van der Waals surface area contributed by atoms with E-state index < -0.39 is 5.60 Å². The Morgan fingerprint density at radius 2 is 1.76 bits per heavy atom. The summed E-state index contributed by atoms with van der Waals surface area (Å²) >= 11 is 0. The van der Waals surface area contributed by atoms with Gasteiger partial charge in [0.05, 0.1) is 0 Å². The number of piperazine rings is 1. The van der Waals surface area contributed by atoms with Crippen LogP contribution in [0.3, 0.4) is 0 Å². The normalized spacial score (nSPS) is 15.3. The number of anilines is 2. The van der Waals surface area contributed by atoms with Gasteiger partial charge in [0.1, 0.15) is 5.60 Å². The van der Waals surface area contributed by atoms with Crippen molar-refractivity contribution in [2.75, 3.05) is 36.8 Å². The first kappa shape index (κ1) is 17.1. The lowest BCUT2D eigenvalue weighted by Crippen LogP contribution is -2.50. The number of nitrogens with zero attached hydrogens (tertiary/aromatic N) is 4. The summed E-state index contributed by atoms with van der Waals surface area (Å²) in [6.45, 7) is 7.91. The number of hydrogen-bond donors (Lipinski definition) is 1. The second kappa shape index (κ2) is 6.62. The molecule has 0 saturated carbocycles. The summed E-state index contributed by atoms with van der Waals surface area (Å²) in [5.74, 6) is 0.449. The molecule has 1 saturated heterocycles. The SMILES string of the molecule is CC(C)(C)OC(=O)N1CCN(c2nnc(-c3ccc(N)cc3)o2)CC1. The van der Waals surface area contributed by atoms with Crippen molar-refractivity contribution in [1.29, 1.82) is 0 Å². The lowest BCUT2D eigenvalue weighted by atomic mass is 10.2. The second-order valence-electron chi connectivity index (χ2n) is 6.97. The zero-order valence-electron chi connectivity index (χ0n) is 14.7. The van der Waals surface area contributed by atoms with Gasteiger partial charge in [0.15, 0.2) is 0 Å². The molecular weight excluding hydrogens is 322 g/mol. The van der Waals surface area contributed by atoms with Gasteiger partial charge >= 0.3 is 12.1 Å². The van der Waals surface area contributed by atoms with E-state index in [4.69, 9.17) is 14.9 Å². The number of carbonyl (C=O) groups is 1. The Morgan fingerprint density at radius 3 is 2.36 bits per heavy atom. The van der Waals surface area contributed by atoms with E-state index in [9.17, 15) is 4.79 Å². The highest BCUT2D eigenvalue weighted by Crippen LogP contribution is 2.23. The van der Waals surface area contributed by atoms with Crippen molar-refractivity contribution in [3.8, 4) is 11.5 Å².